The maximum Gasteiger partial charge on any atom is 0.219 e. The van der Waals surface area contributed by atoms with E-state index in [4.69, 9.17) is 9.40 Å². The van der Waals surface area contributed by atoms with E-state index in [0.29, 0.717) is 11.6 Å². The van der Waals surface area contributed by atoms with Crippen LogP contribution in [0.25, 0.3) is 44.3 Å². The molecule has 2 aromatic heterocycles. The van der Waals surface area contributed by atoms with Crippen molar-refractivity contribution >= 4 is 27.7 Å². The van der Waals surface area contributed by atoms with Gasteiger partial charge in [-0.15, -0.1) is 29.1 Å². The molecule has 0 saturated heterocycles. The topological polar surface area (TPSA) is 63.3 Å². The second kappa shape index (κ2) is 17.7. The Morgan fingerprint density at radius 3 is 1.98 bits per heavy atom. The number of hydrogen-bond acceptors (Lipinski definition) is 4. The third-order valence-corrected chi connectivity index (χ3v) is 11.4. The molecule has 0 fully saturated rings. The zero-order valence-corrected chi connectivity index (χ0v) is 36.9. The quantitative estimate of drug-likeness (QED) is 0.0815. The Bertz CT molecular complexity index is 2030. The van der Waals surface area contributed by atoms with Gasteiger partial charge in [0.05, 0.1) is 6.26 Å². The van der Waals surface area contributed by atoms with Gasteiger partial charge in [0.15, 0.2) is 5.78 Å². The number of carbonyl (C=O) groups excluding carboxylic acids is 1. The van der Waals surface area contributed by atoms with Gasteiger partial charge in [-0.1, -0.05) is 124 Å². The van der Waals surface area contributed by atoms with Crippen LogP contribution in [-0.4, -0.2) is 15.9 Å². The molecule has 5 aromatic rings. The van der Waals surface area contributed by atoms with E-state index in [9.17, 15) is 9.90 Å². The van der Waals surface area contributed by atoms with Gasteiger partial charge in [-0.3, -0.25) is 9.78 Å². The van der Waals surface area contributed by atoms with Crippen LogP contribution in [0.5, 0.6) is 0 Å². The maximum atomic E-state index is 12.2. The zero-order valence-electron chi connectivity index (χ0n) is 34.5. The van der Waals surface area contributed by atoms with Gasteiger partial charge in [0.25, 0.3) is 0 Å². The molecular weight excluding hydrogens is 831 g/mol. The van der Waals surface area contributed by atoms with Crippen molar-refractivity contribution < 1.29 is 34.4 Å². The van der Waals surface area contributed by atoms with Crippen LogP contribution in [0.15, 0.2) is 77.1 Å². The molecule has 5 rings (SSSR count). The molecule has 4 nitrogen and oxygen atoms in total. The van der Waals surface area contributed by atoms with Gasteiger partial charge in [0.1, 0.15) is 5.76 Å². The Labute approximate surface area is 333 Å². The van der Waals surface area contributed by atoms with Gasteiger partial charge in [0, 0.05) is 48.1 Å². The predicted molar refractivity (Wildman–Crippen MR) is 221 cm³/mol. The largest absolute Gasteiger partial charge is 0.512 e. The van der Waals surface area contributed by atoms with Crippen LogP contribution in [0.3, 0.4) is 0 Å². The molecule has 0 atom stereocenters. The third kappa shape index (κ3) is 9.78. The summed E-state index contributed by atoms with van der Waals surface area (Å²) in [6.07, 6.45) is 7.59. The second-order valence-electron chi connectivity index (χ2n) is 16.7. The maximum absolute atomic E-state index is 12.2. The van der Waals surface area contributed by atoms with Crippen LogP contribution >= 0.6 is 0 Å². The summed E-state index contributed by atoms with van der Waals surface area (Å²) in [5.74, 6) is 0.918. The molecule has 1 N–H and O–H groups in total. The van der Waals surface area contributed by atoms with Gasteiger partial charge in [-0.05, 0) is 91.2 Å². The van der Waals surface area contributed by atoms with E-state index in [1.54, 1.807) is 6.26 Å². The van der Waals surface area contributed by atoms with E-state index in [2.05, 4.69) is 103 Å². The van der Waals surface area contributed by atoms with Crippen molar-refractivity contribution in [1.82, 2.24) is 4.98 Å². The summed E-state index contributed by atoms with van der Waals surface area (Å²) >= 11 is 0. The van der Waals surface area contributed by atoms with E-state index in [0.717, 1.165) is 54.1 Å². The number of hydrogen-bond donors (Lipinski definition) is 1. The van der Waals surface area contributed by atoms with Crippen LogP contribution in [0.2, 0.25) is 0 Å². The Hall–Kier alpha value is -3.53. The average Bonchev–Trinajstić information content (AvgIpc) is 3.58. The molecule has 0 aliphatic carbocycles. The molecule has 1 radical (unpaired) electrons. The standard InChI is InChI=1S/C33H34NO.C15H28O2.Ir/c1-20(2)14-23-15-21(3)31(22(4)16-23)28-19-30(34-32-27(28)12-13-35-32)25-17-24-10-8-9-11-26(24)29(18-25)33(5,6)7;1-7-14(5,8-2)12(16)11-13(17)15(6,9-3)10-4;/h8-13,15-16,18-20H,14H2,1-7H3;11,16H,7-10H2,1-6H3;/q-1;;/b;12-11-;. The minimum Gasteiger partial charge on any atom is -0.512 e. The molecular formula is C48H62IrNO3-. The van der Waals surface area contributed by atoms with Gasteiger partial charge >= 0.3 is 0 Å². The number of nitrogens with zero attached hydrogens (tertiary/aromatic N) is 1. The first-order chi connectivity index (χ1) is 24.4. The van der Waals surface area contributed by atoms with Gasteiger partial charge in [-0.25, -0.2) is 0 Å². The SMILES string of the molecule is CCC(C)(CC)C(=O)/C=C(\O)C(C)(CC)CC.Cc1cc(CC(C)C)cc(C)c1-c1cc(-c2[c-]c3ccccc3c(C(C)(C)C)c2)nc2occc12.[Ir]. The fourth-order valence-corrected chi connectivity index (χ4v) is 7.03. The van der Waals surface area contributed by atoms with Crippen molar-refractivity contribution in [1.29, 1.82) is 0 Å². The van der Waals surface area contributed by atoms with E-state index in [1.807, 2.05) is 47.6 Å². The number of fused-ring (bicyclic) bond motifs is 2. The van der Waals surface area contributed by atoms with E-state index in [1.165, 1.54) is 44.8 Å². The van der Waals surface area contributed by atoms with E-state index < -0.39 is 0 Å². The first-order valence-electron chi connectivity index (χ1n) is 19.3. The number of aliphatic hydroxyl groups is 1. The number of benzene rings is 3. The molecule has 0 bridgehead atoms. The van der Waals surface area contributed by atoms with Crippen molar-refractivity contribution in [2.75, 3.05) is 0 Å². The summed E-state index contributed by atoms with van der Waals surface area (Å²) in [6, 6.07) is 23.4. The molecule has 0 saturated carbocycles. The Morgan fingerprint density at radius 2 is 1.43 bits per heavy atom. The van der Waals surface area contributed by atoms with Crippen molar-refractivity contribution in [2.45, 2.75) is 128 Å². The van der Waals surface area contributed by atoms with Crippen LogP contribution in [0, 0.1) is 36.7 Å². The molecule has 3 aromatic carbocycles. The number of pyridine rings is 1. The van der Waals surface area contributed by atoms with Crippen molar-refractivity contribution in [3.05, 3.63) is 101 Å². The Balaban J connectivity index is 0.000000359. The molecule has 0 unspecified atom stereocenters. The molecule has 287 valence electrons. The van der Waals surface area contributed by atoms with E-state index in [-0.39, 0.29) is 47.9 Å². The summed E-state index contributed by atoms with van der Waals surface area (Å²) in [4.78, 5) is 17.1. The summed E-state index contributed by atoms with van der Waals surface area (Å²) < 4.78 is 5.86. The van der Waals surface area contributed by atoms with Crippen LogP contribution < -0.4 is 0 Å². The summed E-state index contributed by atoms with van der Waals surface area (Å²) in [5.41, 5.74) is 9.67. The first kappa shape index (κ1) is 43.9. The Kier molecular flexibility index (Phi) is 14.7. The van der Waals surface area contributed by atoms with Gasteiger partial charge in [-0.2, -0.15) is 0 Å². The predicted octanol–water partition coefficient (Wildman–Crippen LogP) is 13.9. The van der Waals surface area contributed by atoms with Crippen molar-refractivity contribution in [2.24, 2.45) is 16.7 Å². The number of carbonyl (C=O) groups is 1. The molecule has 0 aliphatic rings. The number of rotatable bonds is 11. The number of aryl methyl sites for hydroxylation is 2. The molecule has 0 amide bonds. The van der Waals surface area contributed by atoms with E-state index >= 15 is 0 Å². The first-order valence-corrected chi connectivity index (χ1v) is 19.3. The number of aromatic nitrogens is 1. The summed E-state index contributed by atoms with van der Waals surface area (Å²) in [6.45, 7) is 27.9. The summed E-state index contributed by atoms with van der Waals surface area (Å²) in [7, 11) is 0. The second-order valence-corrected chi connectivity index (χ2v) is 16.7. The van der Waals surface area contributed by atoms with Crippen molar-refractivity contribution in [3.8, 4) is 22.4 Å². The average molecular weight is 893 g/mol. The number of ketones is 1. The van der Waals surface area contributed by atoms with Crippen molar-refractivity contribution in [3.63, 3.8) is 0 Å². The van der Waals surface area contributed by atoms with Crippen LogP contribution in [-0.2, 0) is 36.7 Å². The fourth-order valence-electron chi connectivity index (χ4n) is 7.03. The fraction of sp³-hybridized carbons (Fsp3) is 0.458. The molecule has 53 heavy (non-hydrogen) atoms. The monoisotopic (exact) mass is 893 g/mol. The summed E-state index contributed by atoms with van der Waals surface area (Å²) in [5, 5.41) is 13.5. The molecule has 2 heterocycles. The van der Waals surface area contributed by atoms with Crippen LogP contribution in [0.4, 0.5) is 0 Å². The number of allylic oxidation sites excluding steroid dienone is 2. The molecule has 0 spiro atoms. The smallest absolute Gasteiger partial charge is 0.219 e. The third-order valence-electron chi connectivity index (χ3n) is 11.4. The molecule has 0 aliphatic heterocycles. The normalized spacial score (nSPS) is 12.5. The molecule has 5 heteroatoms. The van der Waals surface area contributed by atoms with Gasteiger partial charge < -0.3 is 9.52 Å². The number of furan rings is 1. The van der Waals surface area contributed by atoms with Gasteiger partial charge in [0.2, 0.25) is 5.71 Å². The zero-order chi connectivity index (χ0) is 38.6. The minimum absolute atomic E-state index is 0. The number of aliphatic hydroxyl groups excluding tert-OH is 1. The minimum atomic E-state index is -0.337. The van der Waals surface area contributed by atoms with Crippen LogP contribution in [0.1, 0.15) is 124 Å². The Morgan fingerprint density at radius 1 is 0.849 bits per heavy atom.